The van der Waals surface area contributed by atoms with Crippen LogP contribution in [0.4, 0.5) is 0 Å². The molecule has 5 nitrogen and oxygen atoms in total. The number of hydrogen-bond acceptors (Lipinski definition) is 4. The van der Waals surface area contributed by atoms with Crippen molar-refractivity contribution in [3.8, 4) is 11.1 Å². The minimum atomic E-state index is -0.0668. The Labute approximate surface area is 181 Å². The largest absolute Gasteiger partial charge is 0.351 e. The second kappa shape index (κ2) is 10.3. The number of carbonyl (C=O) groups is 1. The Morgan fingerprint density at radius 2 is 1.71 bits per heavy atom. The second-order valence-corrected chi connectivity index (χ2v) is 7.13. The lowest BCUT2D eigenvalue weighted by molar-refractivity contribution is 0.0955. The van der Waals surface area contributed by atoms with Crippen molar-refractivity contribution in [3.05, 3.63) is 103 Å². The Kier molecular flexibility index (Phi) is 6.78. The zero-order valence-corrected chi connectivity index (χ0v) is 17.2. The zero-order valence-electron chi connectivity index (χ0n) is 17.2. The number of nitrogens with one attached hydrogen (secondary N) is 2. The topological polar surface area (TPSA) is 66.9 Å². The van der Waals surface area contributed by atoms with Crippen molar-refractivity contribution in [2.75, 3.05) is 19.6 Å². The molecule has 0 aliphatic carbocycles. The van der Waals surface area contributed by atoms with Crippen LogP contribution in [0.5, 0.6) is 0 Å². The standard InChI is InChI=1S/C26H24N4O/c31-26(25-7-1-5-23-19-29-15-12-24(23)25)30-17-16-27-13-2-4-20-8-10-21(11-9-20)22-6-3-14-28-18-22/h1-12,14-15,18-19,27H,13,16-17H2,(H,30,31)/b4-2+. The quantitative estimate of drug-likeness (QED) is 0.426. The van der Waals surface area contributed by atoms with Gasteiger partial charge in [-0.2, -0.15) is 0 Å². The predicted octanol–water partition coefficient (Wildman–Crippen LogP) is 4.33. The summed E-state index contributed by atoms with van der Waals surface area (Å²) < 4.78 is 0. The zero-order chi connectivity index (χ0) is 21.3. The summed E-state index contributed by atoms with van der Waals surface area (Å²) in [4.78, 5) is 20.8. The van der Waals surface area contributed by atoms with Gasteiger partial charge in [0.1, 0.15) is 0 Å². The second-order valence-electron chi connectivity index (χ2n) is 7.13. The Balaban J connectivity index is 1.20. The van der Waals surface area contributed by atoms with Crippen molar-refractivity contribution in [2.45, 2.75) is 0 Å². The summed E-state index contributed by atoms with van der Waals surface area (Å²) in [6.07, 6.45) is 11.3. The molecule has 0 fully saturated rings. The number of amides is 1. The van der Waals surface area contributed by atoms with Crippen LogP contribution in [0.2, 0.25) is 0 Å². The Morgan fingerprint density at radius 3 is 2.55 bits per heavy atom. The number of pyridine rings is 2. The van der Waals surface area contributed by atoms with E-state index in [1.165, 1.54) is 0 Å². The molecule has 0 radical (unpaired) electrons. The predicted molar refractivity (Wildman–Crippen MR) is 126 cm³/mol. The van der Waals surface area contributed by atoms with Gasteiger partial charge < -0.3 is 10.6 Å². The van der Waals surface area contributed by atoms with Gasteiger partial charge in [0.25, 0.3) is 5.91 Å². The van der Waals surface area contributed by atoms with Gasteiger partial charge in [-0.3, -0.25) is 14.8 Å². The molecule has 0 saturated heterocycles. The van der Waals surface area contributed by atoms with Crippen LogP contribution in [0.3, 0.4) is 0 Å². The Morgan fingerprint density at radius 1 is 0.839 bits per heavy atom. The molecule has 1 amide bonds. The summed E-state index contributed by atoms with van der Waals surface area (Å²) in [6.45, 7) is 2.00. The molecule has 4 aromatic rings. The van der Waals surface area contributed by atoms with Gasteiger partial charge in [-0.15, -0.1) is 0 Å². The van der Waals surface area contributed by atoms with E-state index in [0.717, 1.165) is 34.0 Å². The molecule has 2 aromatic carbocycles. The number of rotatable bonds is 8. The average Bonchev–Trinajstić information content (AvgIpc) is 2.84. The molecule has 0 spiro atoms. The lowest BCUT2D eigenvalue weighted by atomic mass is 10.1. The van der Waals surface area contributed by atoms with Crippen molar-refractivity contribution in [3.63, 3.8) is 0 Å². The van der Waals surface area contributed by atoms with Crippen molar-refractivity contribution >= 4 is 22.8 Å². The minimum absolute atomic E-state index is 0.0668. The molecule has 2 aromatic heterocycles. The van der Waals surface area contributed by atoms with Gasteiger partial charge in [-0.25, -0.2) is 0 Å². The van der Waals surface area contributed by atoms with Crippen molar-refractivity contribution in [1.82, 2.24) is 20.6 Å². The van der Waals surface area contributed by atoms with Crippen LogP contribution >= 0.6 is 0 Å². The summed E-state index contributed by atoms with van der Waals surface area (Å²) >= 11 is 0. The van der Waals surface area contributed by atoms with Gasteiger partial charge >= 0.3 is 0 Å². The maximum atomic E-state index is 12.5. The molecule has 31 heavy (non-hydrogen) atoms. The first kappa shape index (κ1) is 20.4. The smallest absolute Gasteiger partial charge is 0.251 e. The number of nitrogens with zero attached hydrogens (tertiary/aromatic N) is 2. The SMILES string of the molecule is O=C(NCCNC/C=C/c1ccc(-c2cccnc2)cc1)c1cccc2cnccc12. The van der Waals surface area contributed by atoms with Gasteiger partial charge in [-0.1, -0.05) is 54.6 Å². The van der Waals surface area contributed by atoms with E-state index in [1.807, 2.05) is 36.5 Å². The summed E-state index contributed by atoms with van der Waals surface area (Å²) in [5.41, 5.74) is 4.09. The highest BCUT2D eigenvalue weighted by atomic mass is 16.1. The van der Waals surface area contributed by atoms with Crippen LogP contribution in [0.1, 0.15) is 15.9 Å². The third kappa shape index (κ3) is 5.41. The Hall–Kier alpha value is -3.83. The normalized spacial score (nSPS) is 11.1. The monoisotopic (exact) mass is 408 g/mol. The highest BCUT2D eigenvalue weighted by molar-refractivity contribution is 6.06. The molecule has 4 rings (SSSR count). The summed E-state index contributed by atoms with van der Waals surface area (Å²) in [5, 5.41) is 8.17. The van der Waals surface area contributed by atoms with Crippen LogP contribution in [0, 0.1) is 0 Å². The van der Waals surface area contributed by atoms with E-state index in [4.69, 9.17) is 0 Å². The van der Waals surface area contributed by atoms with Gasteiger partial charge in [0, 0.05) is 55.4 Å². The Bertz CT molecular complexity index is 1170. The lowest BCUT2D eigenvalue weighted by Crippen LogP contribution is -2.32. The number of hydrogen-bond donors (Lipinski definition) is 2. The van der Waals surface area contributed by atoms with E-state index in [0.29, 0.717) is 18.7 Å². The maximum Gasteiger partial charge on any atom is 0.251 e. The fraction of sp³-hybridized carbons (Fsp3) is 0.115. The first-order valence-electron chi connectivity index (χ1n) is 10.3. The van der Waals surface area contributed by atoms with Crippen LogP contribution in [0.25, 0.3) is 28.0 Å². The maximum absolute atomic E-state index is 12.5. The van der Waals surface area contributed by atoms with Gasteiger partial charge in [0.05, 0.1) is 0 Å². The number of aromatic nitrogens is 2. The third-order valence-corrected chi connectivity index (χ3v) is 4.99. The first-order chi connectivity index (χ1) is 15.3. The molecule has 2 N–H and O–H groups in total. The molecule has 0 saturated carbocycles. The molecule has 2 heterocycles. The summed E-state index contributed by atoms with van der Waals surface area (Å²) in [5.74, 6) is -0.0668. The molecule has 0 unspecified atom stereocenters. The van der Waals surface area contributed by atoms with E-state index in [1.54, 1.807) is 18.6 Å². The van der Waals surface area contributed by atoms with Crippen molar-refractivity contribution < 1.29 is 4.79 Å². The lowest BCUT2D eigenvalue weighted by Gasteiger charge is -2.08. The van der Waals surface area contributed by atoms with E-state index in [2.05, 4.69) is 63.1 Å². The summed E-state index contributed by atoms with van der Waals surface area (Å²) in [6, 6.07) is 19.9. The van der Waals surface area contributed by atoms with E-state index < -0.39 is 0 Å². The highest BCUT2D eigenvalue weighted by Crippen LogP contribution is 2.19. The highest BCUT2D eigenvalue weighted by Gasteiger charge is 2.08. The van der Waals surface area contributed by atoms with Crippen LogP contribution in [0.15, 0.2) is 91.5 Å². The molecule has 0 aliphatic rings. The summed E-state index contributed by atoms with van der Waals surface area (Å²) in [7, 11) is 0. The number of benzene rings is 2. The molecule has 5 heteroatoms. The van der Waals surface area contributed by atoms with E-state index in [-0.39, 0.29) is 5.91 Å². The first-order valence-corrected chi connectivity index (χ1v) is 10.3. The van der Waals surface area contributed by atoms with Crippen LogP contribution in [-0.4, -0.2) is 35.5 Å². The van der Waals surface area contributed by atoms with E-state index >= 15 is 0 Å². The average molecular weight is 409 g/mol. The third-order valence-electron chi connectivity index (χ3n) is 4.99. The molecule has 0 aliphatic heterocycles. The van der Waals surface area contributed by atoms with E-state index in [9.17, 15) is 4.79 Å². The molecule has 0 bridgehead atoms. The fourth-order valence-electron chi connectivity index (χ4n) is 3.38. The number of carbonyl (C=O) groups excluding carboxylic acids is 1. The molecular weight excluding hydrogens is 384 g/mol. The van der Waals surface area contributed by atoms with Crippen LogP contribution < -0.4 is 10.6 Å². The van der Waals surface area contributed by atoms with Crippen molar-refractivity contribution in [1.29, 1.82) is 0 Å². The molecule has 0 atom stereocenters. The number of fused-ring (bicyclic) bond motifs is 1. The minimum Gasteiger partial charge on any atom is -0.351 e. The van der Waals surface area contributed by atoms with Crippen LogP contribution in [-0.2, 0) is 0 Å². The van der Waals surface area contributed by atoms with Gasteiger partial charge in [-0.05, 0) is 40.3 Å². The van der Waals surface area contributed by atoms with Crippen molar-refractivity contribution in [2.24, 2.45) is 0 Å². The molecule has 154 valence electrons. The fourth-order valence-corrected chi connectivity index (χ4v) is 3.38. The van der Waals surface area contributed by atoms with Gasteiger partial charge in [0.15, 0.2) is 0 Å². The molecular formula is C26H24N4O. The van der Waals surface area contributed by atoms with Gasteiger partial charge in [0.2, 0.25) is 0 Å².